The molecule has 1 heterocycles. The molecule has 1 aliphatic carbocycles. The standard InChI is InChI=1S/C10H17NO2/c12-10(11-6-7-13-8-11)9-4-2-1-3-5-9/h9H,1-8H2. The van der Waals surface area contributed by atoms with Gasteiger partial charge in [0.05, 0.1) is 6.61 Å². The molecule has 3 nitrogen and oxygen atoms in total. The second-order valence-corrected chi connectivity index (χ2v) is 3.97. The fraction of sp³-hybridized carbons (Fsp3) is 0.900. The summed E-state index contributed by atoms with van der Waals surface area (Å²) < 4.78 is 5.17. The summed E-state index contributed by atoms with van der Waals surface area (Å²) in [4.78, 5) is 13.7. The van der Waals surface area contributed by atoms with Gasteiger partial charge in [0.1, 0.15) is 6.73 Å². The topological polar surface area (TPSA) is 29.5 Å². The lowest BCUT2D eigenvalue weighted by molar-refractivity contribution is -0.136. The third-order valence-corrected chi connectivity index (χ3v) is 3.02. The van der Waals surface area contributed by atoms with Gasteiger partial charge in [-0.2, -0.15) is 0 Å². The first-order valence-corrected chi connectivity index (χ1v) is 5.24. The van der Waals surface area contributed by atoms with Crippen LogP contribution in [0.15, 0.2) is 0 Å². The molecule has 0 aromatic carbocycles. The Balaban J connectivity index is 1.87. The van der Waals surface area contributed by atoms with Gasteiger partial charge in [-0.3, -0.25) is 4.79 Å². The van der Waals surface area contributed by atoms with Crippen molar-refractivity contribution < 1.29 is 9.53 Å². The van der Waals surface area contributed by atoms with Crippen LogP contribution in [0, 0.1) is 5.92 Å². The fourth-order valence-corrected chi connectivity index (χ4v) is 2.20. The fourth-order valence-electron chi connectivity index (χ4n) is 2.20. The molecule has 0 N–H and O–H groups in total. The average Bonchev–Trinajstić information content (AvgIpc) is 2.71. The summed E-state index contributed by atoms with van der Waals surface area (Å²) >= 11 is 0. The molecule has 0 radical (unpaired) electrons. The number of hydrogen-bond donors (Lipinski definition) is 0. The van der Waals surface area contributed by atoms with E-state index in [0.29, 0.717) is 18.6 Å². The lowest BCUT2D eigenvalue weighted by atomic mass is 9.88. The number of carbonyl (C=O) groups is 1. The predicted octanol–water partition coefficient (Wildman–Crippen LogP) is 1.38. The van der Waals surface area contributed by atoms with Gasteiger partial charge in [-0.05, 0) is 12.8 Å². The van der Waals surface area contributed by atoms with E-state index in [-0.39, 0.29) is 0 Å². The Morgan fingerprint density at radius 1 is 1.23 bits per heavy atom. The van der Waals surface area contributed by atoms with Crippen LogP contribution in [0.5, 0.6) is 0 Å². The molecule has 74 valence electrons. The minimum atomic E-state index is 0.301. The Morgan fingerprint density at radius 3 is 2.62 bits per heavy atom. The highest BCUT2D eigenvalue weighted by molar-refractivity contribution is 5.78. The van der Waals surface area contributed by atoms with E-state index in [9.17, 15) is 4.79 Å². The summed E-state index contributed by atoms with van der Waals surface area (Å²) in [5, 5.41) is 0. The molecule has 13 heavy (non-hydrogen) atoms. The van der Waals surface area contributed by atoms with Crippen molar-refractivity contribution in [3.63, 3.8) is 0 Å². The molecule has 0 spiro atoms. The Morgan fingerprint density at radius 2 is 2.00 bits per heavy atom. The van der Waals surface area contributed by atoms with Crippen LogP contribution in [0.4, 0.5) is 0 Å². The lowest BCUT2D eigenvalue weighted by Crippen LogP contribution is -2.35. The molecule has 1 aliphatic heterocycles. The molecule has 0 unspecified atom stereocenters. The van der Waals surface area contributed by atoms with Crippen molar-refractivity contribution in [3.05, 3.63) is 0 Å². The summed E-state index contributed by atoms with van der Waals surface area (Å²) in [6.45, 7) is 2.04. The van der Waals surface area contributed by atoms with Crippen molar-refractivity contribution in [3.8, 4) is 0 Å². The van der Waals surface area contributed by atoms with Crippen LogP contribution in [-0.4, -0.2) is 30.7 Å². The van der Waals surface area contributed by atoms with E-state index >= 15 is 0 Å². The largest absolute Gasteiger partial charge is 0.359 e. The minimum absolute atomic E-state index is 0.301. The maximum absolute atomic E-state index is 11.8. The quantitative estimate of drug-likeness (QED) is 0.614. The van der Waals surface area contributed by atoms with Crippen LogP contribution in [0.3, 0.4) is 0 Å². The number of ether oxygens (including phenoxy) is 1. The SMILES string of the molecule is O=C(C1CCCCC1)N1CCOC1. The number of rotatable bonds is 1. The molecule has 2 rings (SSSR count). The van der Waals surface area contributed by atoms with Crippen LogP contribution >= 0.6 is 0 Å². The average molecular weight is 183 g/mol. The van der Waals surface area contributed by atoms with Gasteiger partial charge in [-0.25, -0.2) is 0 Å². The zero-order valence-corrected chi connectivity index (χ0v) is 8.00. The molecular formula is C10H17NO2. The number of hydrogen-bond acceptors (Lipinski definition) is 2. The maximum Gasteiger partial charge on any atom is 0.227 e. The molecular weight excluding hydrogens is 166 g/mol. The number of carbonyl (C=O) groups excluding carboxylic acids is 1. The summed E-state index contributed by atoms with van der Waals surface area (Å²) in [7, 11) is 0. The first-order chi connectivity index (χ1) is 6.38. The molecule has 3 heteroatoms. The van der Waals surface area contributed by atoms with Gasteiger partial charge >= 0.3 is 0 Å². The molecule has 1 saturated carbocycles. The predicted molar refractivity (Wildman–Crippen MR) is 49.1 cm³/mol. The smallest absolute Gasteiger partial charge is 0.227 e. The van der Waals surface area contributed by atoms with Gasteiger partial charge in [0.25, 0.3) is 0 Å². The molecule has 0 atom stereocenters. The van der Waals surface area contributed by atoms with Gasteiger partial charge in [0.15, 0.2) is 0 Å². The van der Waals surface area contributed by atoms with E-state index in [0.717, 1.165) is 26.0 Å². The summed E-state index contributed by atoms with van der Waals surface area (Å²) in [5.74, 6) is 0.632. The van der Waals surface area contributed by atoms with E-state index in [1.807, 2.05) is 4.90 Å². The van der Waals surface area contributed by atoms with Gasteiger partial charge in [-0.1, -0.05) is 19.3 Å². The van der Waals surface area contributed by atoms with E-state index in [1.54, 1.807) is 0 Å². The van der Waals surface area contributed by atoms with Gasteiger partial charge in [0, 0.05) is 12.5 Å². The summed E-state index contributed by atoms with van der Waals surface area (Å²) in [5.41, 5.74) is 0. The van der Waals surface area contributed by atoms with Crippen LogP contribution in [0.2, 0.25) is 0 Å². The van der Waals surface area contributed by atoms with E-state index in [2.05, 4.69) is 0 Å². The third kappa shape index (κ3) is 2.02. The second-order valence-electron chi connectivity index (χ2n) is 3.97. The van der Waals surface area contributed by atoms with Crippen LogP contribution < -0.4 is 0 Å². The van der Waals surface area contributed by atoms with Crippen LogP contribution in [-0.2, 0) is 9.53 Å². The normalized spacial score (nSPS) is 25.1. The zero-order valence-electron chi connectivity index (χ0n) is 8.00. The minimum Gasteiger partial charge on any atom is -0.359 e. The summed E-state index contributed by atoms with van der Waals surface area (Å²) in [6, 6.07) is 0. The first kappa shape index (κ1) is 9.00. The van der Waals surface area contributed by atoms with E-state index in [1.165, 1.54) is 19.3 Å². The zero-order chi connectivity index (χ0) is 9.10. The van der Waals surface area contributed by atoms with E-state index in [4.69, 9.17) is 4.74 Å². The molecule has 0 aromatic rings. The van der Waals surface area contributed by atoms with E-state index < -0.39 is 0 Å². The number of nitrogens with zero attached hydrogens (tertiary/aromatic N) is 1. The van der Waals surface area contributed by atoms with Crippen molar-refractivity contribution in [2.75, 3.05) is 19.9 Å². The highest BCUT2D eigenvalue weighted by atomic mass is 16.5. The van der Waals surface area contributed by atoms with Crippen molar-refractivity contribution in [2.45, 2.75) is 32.1 Å². The molecule has 0 bridgehead atoms. The molecule has 0 aromatic heterocycles. The second kappa shape index (κ2) is 4.09. The monoisotopic (exact) mass is 183 g/mol. The first-order valence-electron chi connectivity index (χ1n) is 5.24. The van der Waals surface area contributed by atoms with Crippen molar-refractivity contribution in [2.24, 2.45) is 5.92 Å². The van der Waals surface area contributed by atoms with Crippen molar-refractivity contribution in [1.82, 2.24) is 4.90 Å². The Labute approximate surface area is 79.0 Å². The summed E-state index contributed by atoms with van der Waals surface area (Å²) in [6.07, 6.45) is 5.95. The van der Waals surface area contributed by atoms with Gasteiger partial charge < -0.3 is 9.64 Å². The molecule has 1 amide bonds. The highest BCUT2D eigenvalue weighted by Crippen LogP contribution is 2.25. The lowest BCUT2D eigenvalue weighted by Gasteiger charge is -2.24. The third-order valence-electron chi connectivity index (χ3n) is 3.02. The highest BCUT2D eigenvalue weighted by Gasteiger charge is 2.27. The van der Waals surface area contributed by atoms with Gasteiger partial charge in [0.2, 0.25) is 5.91 Å². The Kier molecular flexibility index (Phi) is 2.83. The van der Waals surface area contributed by atoms with Crippen molar-refractivity contribution >= 4 is 5.91 Å². The Bertz CT molecular complexity index is 181. The molecule has 1 saturated heterocycles. The van der Waals surface area contributed by atoms with Crippen molar-refractivity contribution in [1.29, 1.82) is 0 Å². The molecule has 2 aliphatic rings. The van der Waals surface area contributed by atoms with Crippen LogP contribution in [0.25, 0.3) is 0 Å². The molecule has 2 fully saturated rings. The Hall–Kier alpha value is -0.570. The maximum atomic E-state index is 11.8. The number of amides is 1. The van der Waals surface area contributed by atoms with Crippen LogP contribution in [0.1, 0.15) is 32.1 Å². The van der Waals surface area contributed by atoms with Gasteiger partial charge in [-0.15, -0.1) is 0 Å².